The minimum atomic E-state index is -4.51. The molecular formula is C13H18F3NO4. The highest BCUT2D eigenvalue weighted by atomic mass is 19.4. The highest BCUT2D eigenvalue weighted by Crippen LogP contribution is 2.41. The van der Waals surface area contributed by atoms with Gasteiger partial charge in [-0.1, -0.05) is 0 Å². The number of rotatable bonds is 7. The summed E-state index contributed by atoms with van der Waals surface area (Å²) in [4.78, 5) is 0. The molecule has 0 radical (unpaired) electrons. The molecule has 0 saturated carbocycles. The van der Waals surface area contributed by atoms with Crippen molar-refractivity contribution in [2.75, 3.05) is 27.9 Å². The molecule has 1 rings (SSSR count). The average Bonchev–Trinajstić information content (AvgIpc) is 2.44. The standard InChI is InChI=1S/C13H18F3NO4/c1-18-9-6-8(7-10(19-2)12(9)20-3)21-11(4-5-17)13(14,15)16/h6-7,11H,4-5,17H2,1-3H3. The van der Waals surface area contributed by atoms with Crippen LogP contribution in [0.4, 0.5) is 13.2 Å². The summed E-state index contributed by atoms with van der Waals surface area (Å²) in [5, 5.41) is 0. The summed E-state index contributed by atoms with van der Waals surface area (Å²) in [6.45, 7) is -0.144. The molecule has 0 aliphatic heterocycles. The van der Waals surface area contributed by atoms with E-state index in [0.29, 0.717) is 0 Å². The van der Waals surface area contributed by atoms with Gasteiger partial charge in [0.1, 0.15) is 5.75 Å². The van der Waals surface area contributed by atoms with Crippen molar-refractivity contribution in [2.24, 2.45) is 5.73 Å². The van der Waals surface area contributed by atoms with Gasteiger partial charge in [0.25, 0.3) is 0 Å². The van der Waals surface area contributed by atoms with Gasteiger partial charge in [-0.05, 0) is 6.54 Å². The lowest BCUT2D eigenvalue weighted by Gasteiger charge is -2.22. The van der Waals surface area contributed by atoms with Crippen molar-refractivity contribution in [3.05, 3.63) is 12.1 Å². The van der Waals surface area contributed by atoms with Crippen LogP contribution in [0.5, 0.6) is 23.0 Å². The molecular weight excluding hydrogens is 291 g/mol. The van der Waals surface area contributed by atoms with Crippen molar-refractivity contribution in [3.8, 4) is 23.0 Å². The van der Waals surface area contributed by atoms with Gasteiger partial charge in [0, 0.05) is 18.6 Å². The van der Waals surface area contributed by atoms with E-state index in [-0.39, 0.29) is 36.0 Å². The largest absolute Gasteiger partial charge is 0.493 e. The summed E-state index contributed by atoms with van der Waals surface area (Å²) in [5.74, 6) is 0.649. The normalized spacial score (nSPS) is 12.7. The summed E-state index contributed by atoms with van der Waals surface area (Å²) >= 11 is 0. The number of hydrogen-bond acceptors (Lipinski definition) is 5. The molecule has 0 aromatic heterocycles. The van der Waals surface area contributed by atoms with Gasteiger partial charge in [-0.15, -0.1) is 0 Å². The van der Waals surface area contributed by atoms with E-state index in [1.54, 1.807) is 0 Å². The predicted molar refractivity (Wildman–Crippen MR) is 70.2 cm³/mol. The van der Waals surface area contributed by atoms with Crippen LogP contribution in [0.3, 0.4) is 0 Å². The Morgan fingerprint density at radius 1 is 1.05 bits per heavy atom. The summed E-state index contributed by atoms with van der Waals surface area (Å²) in [6.07, 6.45) is -6.86. The van der Waals surface area contributed by atoms with Crippen LogP contribution in [0, 0.1) is 0 Å². The smallest absolute Gasteiger partial charge is 0.425 e. The number of benzene rings is 1. The first-order valence-electron chi connectivity index (χ1n) is 6.10. The molecule has 21 heavy (non-hydrogen) atoms. The van der Waals surface area contributed by atoms with Gasteiger partial charge < -0.3 is 24.7 Å². The third-order valence-electron chi connectivity index (χ3n) is 2.71. The lowest BCUT2D eigenvalue weighted by Crippen LogP contribution is -2.36. The van der Waals surface area contributed by atoms with Crippen LogP contribution < -0.4 is 24.7 Å². The predicted octanol–water partition coefficient (Wildman–Crippen LogP) is 2.37. The number of alkyl halides is 3. The third-order valence-corrected chi connectivity index (χ3v) is 2.71. The van der Waals surface area contributed by atoms with E-state index in [1.807, 2.05) is 0 Å². The SMILES string of the molecule is COc1cc(OC(CCN)C(F)(F)F)cc(OC)c1OC. The minimum Gasteiger partial charge on any atom is -0.493 e. The molecule has 5 nitrogen and oxygen atoms in total. The van der Waals surface area contributed by atoms with Crippen molar-refractivity contribution in [2.45, 2.75) is 18.7 Å². The van der Waals surface area contributed by atoms with E-state index in [9.17, 15) is 13.2 Å². The Bertz CT molecular complexity index is 440. The Labute approximate surface area is 120 Å². The fourth-order valence-electron chi connectivity index (χ4n) is 1.73. The van der Waals surface area contributed by atoms with Gasteiger partial charge in [-0.2, -0.15) is 13.2 Å². The topological polar surface area (TPSA) is 62.9 Å². The van der Waals surface area contributed by atoms with Crippen LogP contribution >= 0.6 is 0 Å². The van der Waals surface area contributed by atoms with E-state index in [0.717, 1.165) is 0 Å². The van der Waals surface area contributed by atoms with Crippen molar-refractivity contribution in [1.82, 2.24) is 0 Å². The maximum atomic E-state index is 12.8. The van der Waals surface area contributed by atoms with Crippen molar-refractivity contribution in [1.29, 1.82) is 0 Å². The molecule has 2 N–H and O–H groups in total. The molecule has 0 saturated heterocycles. The Morgan fingerprint density at radius 3 is 1.90 bits per heavy atom. The van der Waals surface area contributed by atoms with Crippen LogP contribution in [-0.2, 0) is 0 Å². The fourth-order valence-corrected chi connectivity index (χ4v) is 1.73. The first kappa shape index (κ1) is 17.2. The fraction of sp³-hybridized carbons (Fsp3) is 0.538. The Kier molecular flexibility index (Phi) is 5.95. The number of methoxy groups -OCH3 is 3. The molecule has 0 spiro atoms. The number of ether oxygens (including phenoxy) is 4. The zero-order valence-electron chi connectivity index (χ0n) is 12.0. The second-order valence-electron chi connectivity index (χ2n) is 4.09. The first-order chi connectivity index (χ1) is 9.87. The second-order valence-corrected chi connectivity index (χ2v) is 4.09. The number of nitrogens with two attached hydrogens (primary N) is 1. The summed E-state index contributed by atoms with van der Waals surface area (Å²) in [5.41, 5.74) is 5.19. The Morgan fingerprint density at radius 2 is 1.57 bits per heavy atom. The molecule has 1 aromatic rings. The molecule has 0 aliphatic rings. The zero-order chi connectivity index (χ0) is 16.0. The third kappa shape index (κ3) is 4.32. The molecule has 0 heterocycles. The quantitative estimate of drug-likeness (QED) is 0.838. The number of halogens is 3. The molecule has 120 valence electrons. The second kappa shape index (κ2) is 7.26. The van der Waals surface area contributed by atoms with Gasteiger partial charge in [-0.3, -0.25) is 0 Å². The Hall–Kier alpha value is -1.83. The van der Waals surface area contributed by atoms with Crippen molar-refractivity contribution in [3.63, 3.8) is 0 Å². The molecule has 1 atom stereocenters. The molecule has 0 amide bonds. The van der Waals surface area contributed by atoms with E-state index in [4.69, 9.17) is 24.7 Å². The number of hydrogen-bond donors (Lipinski definition) is 1. The van der Waals surface area contributed by atoms with E-state index < -0.39 is 12.3 Å². The molecule has 1 aromatic carbocycles. The highest BCUT2D eigenvalue weighted by Gasteiger charge is 2.41. The summed E-state index contributed by atoms with van der Waals surface area (Å²) in [7, 11) is 4.12. The van der Waals surface area contributed by atoms with Gasteiger partial charge in [0.15, 0.2) is 17.6 Å². The minimum absolute atomic E-state index is 0.0414. The Balaban J connectivity index is 3.12. The van der Waals surface area contributed by atoms with Crippen LogP contribution in [-0.4, -0.2) is 40.2 Å². The lowest BCUT2D eigenvalue weighted by atomic mass is 10.2. The van der Waals surface area contributed by atoms with Gasteiger partial charge in [0.2, 0.25) is 5.75 Å². The van der Waals surface area contributed by atoms with Crippen LogP contribution in [0.1, 0.15) is 6.42 Å². The maximum Gasteiger partial charge on any atom is 0.425 e. The molecule has 0 fully saturated rings. The van der Waals surface area contributed by atoms with Gasteiger partial charge >= 0.3 is 6.18 Å². The highest BCUT2D eigenvalue weighted by molar-refractivity contribution is 5.55. The van der Waals surface area contributed by atoms with Crippen LogP contribution in [0.15, 0.2) is 12.1 Å². The molecule has 1 unspecified atom stereocenters. The molecule has 0 aliphatic carbocycles. The van der Waals surface area contributed by atoms with Crippen LogP contribution in [0.2, 0.25) is 0 Å². The zero-order valence-corrected chi connectivity index (χ0v) is 12.0. The van der Waals surface area contributed by atoms with E-state index in [2.05, 4.69) is 0 Å². The molecule has 8 heteroatoms. The van der Waals surface area contributed by atoms with Gasteiger partial charge in [0.05, 0.1) is 21.3 Å². The molecule has 0 bridgehead atoms. The summed E-state index contributed by atoms with van der Waals surface area (Å²) in [6, 6.07) is 2.60. The lowest BCUT2D eigenvalue weighted by molar-refractivity contribution is -0.196. The monoisotopic (exact) mass is 309 g/mol. The maximum absolute atomic E-state index is 12.8. The van der Waals surface area contributed by atoms with Crippen LogP contribution in [0.25, 0.3) is 0 Å². The van der Waals surface area contributed by atoms with Gasteiger partial charge in [-0.25, -0.2) is 0 Å². The van der Waals surface area contributed by atoms with E-state index in [1.165, 1.54) is 33.5 Å². The van der Waals surface area contributed by atoms with Crippen molar-refractivity contribution >= 4 is 0 Å². The first-order valence-corrected chi connectivity index (χ1v) is 6.10. The average molecular weight is 309 g/mol. The summed E-state index contributed by atoms with van der Waals surface area (Å²) < 4.78 is 58.7. The van der Waals surface area contributed by atoms with Crippen molar-refractivity contribution < 1.29 is 32.1 Å². The van der Waals surface area contributed by atoms with E-state index >= 15 is 0 Å².